The SMILES string of the molecule is O=C1NC(=O)C(Cc2ccc(S(=O)(=O)[O-])o2)C(=O)N1.[Na+]. The van der Waals surface area contributed by atoms with Gasteiger partial charge in [0.05, 0.1) is 0 Å². The average Bonchev–Trinajstić information content (AvgIpc) is 2.71. The Morgan fingerprint density at radius 1 is 1.15 bits per heavy atom. The van der Waals surface area contributed by atoms with Crippen molar-refractivity contribution in [2.24, 2.45) is 5.92 Å². The molecule has 1 aromatic heterocycles. The molecule has 0 saturated carbocycles. The second kappa shape index (κ2) is 6.06. The van der Waals surface area contributed by atoms with Crippen LogP contribution in [0, 0.1) is 5.92 Å². The van der Waals surface area contributed by atoms with E-state index in [1.54, 1.807) is 0 Å². The van der Waals surface area contributed by atoms with Crippen LogP contribution in [0.2, 0.25) is 0 Å². The zero-order valence-corrected chi connectivity index (χ0v) is 13.0. The van der Waals surface area contributed by atoms with Crippen molar-refractivity contribution in [1.82, 2.24) is 10.6 Å². The van der Waals surface area contributed by atoms with Crippen molar-refractivity contribution in [2.75, 3.05) is 0 Å². The van der Waals surface area contributed by atoms with Crippen molar-refractivity contribution < 1.29 is 61.3 Å². The molecule has 0 unspecified atom stereocenters. The topological polar surface area (TPSA) is 146 Å². The molecule has 4 amide bonds. The summed E-state index contributed by atoms with van der Waals surface area (Å²) in [6.07, 6.45) is -0.263. The third-order valence-corrected chi connectivity index (χ3v) is 3.11. The largest absolute Gasteiger partial charge is 1.00 e. The fourth-order valence-corrected chi connectivity index (χ4v) is 1.98. The molecule has 1 aromatic rings. The van der Waals surface area contributed by atoms with E-state index in [4.69, 9.17) is 4.42 Å². The van der Waals surface area contributed by atoms with Gasteiger partial charge in [-0.05, 0) is 12.1 Å². The first-order valence-electron chi connectivity index (χ1n) is 4.97. The van der Waals surface area contributed by atoms with Crippen LogP contribution in [0.4, 0.5) is 4.79 Å². The number of carbonyl (C=O) groups is 3. The summed E-state index contributed by atoms with van der Waals surface area (Å²) in [5, 5.41) is 2.98. The van der Waals surface area contributed by atoms with Crippen LogP contribution in [-0.4, -0.2) is 30.8 Å². The van der Waals surface area contributed by atoms with E-state index < -0.39 is 39.0 Å². The zero-order chi connectivity index (χ0) is 14.2. The fourth-order valence-electron chi connectivity index (χ4n) is 1.54. The van der Waals surface area contributed by atoms with Crippen LogP contribution in [0.1, 0.15) is 5.76 Å². The molecule has 0 spiro atoms. The molecule has 0 aromatic carbocycles. The first kappa shape index (κ1) is 16.9. The Kier molecular flexibility index (Phi) is 5.10. The zero-order valence-electron chi connectivity index (χ0n) is 10.2. The maximum absolute atomic E-state index is 11.4. The van der Waals surface area contributed by atoms with Crippen LogP contribution in [0.3, 0.4) is 0 Å². The van der Waals surface area contributed by atoms with Gasteiger partial charge in [-0.25, -0.2) is 13.2 Å². The van der Waals surface area contributed by atoms with E-state index in [0.717, 1.165) is 6.07 Å². The Morgan fingerprint density at radius 2 is 1.70 bits per heavy atom. The van der Waals surface area contributed by atoms with Crippen LogP contribution in [-0.2, 0) is 26.1 Å². The maximum Gasteiger partial charge on any atom is 1.00 e. The van der Waals surface area contributed by atoms with E-state index in [0.29, 0.717) is 0 Å². The van der Waals surface area contributed by atoms with Crippen molar-refractivity contribution in [1.29, 1.82) is 0 Å². The third kappa shape index (κ3) is 3.67. The molecule has 9 nitrogen and oxygen atoms in total. The smallest absolute Gasteiger partial charge is 0.742 e. The van der Waals surface area contributed by atoms with Gasteiger partial charge in [-0.15, -0.1) is 0 Å². The maximum atomic E-state index is 11.4. The predicted octanol–water partition coefficient (Wildman–Crippen LogP) is -4.29. The molecule has 11 heteroatoms. The number of urea groups is 1. The summed E-state index contributed by atoms with van der Waals surface area (Å²) in [6.45, 7) is 0. The molecule has 1 fully saturated rings. The Hall–Kier alpha value is -1.20. The minimum Gasteiger partial charge on any atom is -0.742 e. The number of imide groups is 2. The minimum absolute atomic E-state index is 0. The molecule has 2 heterocycles. The van der Waals surface area contributed by atoms with Crippen LogP contribution < -0.4 is 40.2 Å². The van der Waals surface area contributed by atoms with Crippen LogP contribution in [0.5, 0.6) is 0 Å². The molecule has 0 atom stereocenters. The van der Waals surface area contributed by atoms with Gasteiger partial charge in [-0.2, -0.15) is 0 Å². The molecule has 2 rings (SSSR count). The molecule has 0 aliphatic carbocycles. The first-order chi connectivity index (χ1) is 8.77. The summed E-state index contributed by atoms with van der Waals surface area (Å²) < 4.78 is 36.7. The summed E-state index contributed by atoms with van der Waals surface area (Å²) in [7, 11) is -4.73. The standard InChI is InChI=1S/C9H8N2O7S.Na/c12-7-5(8(13)11-9(14)10-7)3-4-1-2-6(18-4)19(15,16)17;/h1-2,5H,3H2,(H,15,16,17)(H2,10,11,12,13,14);/q;+1/p-1. The average molecular weight is 310 g/mol. The number of rotatable bonds is 3. The van der Waals surface area contributed by atoms with Gasteiger partial charge >= 0.3 is 35.6 Å². The second-order valence-electron chi connectivity index (χ2n) is 3.74. The van der Waals surface area contributed by atoms with Gasteiger partial charge in [0.15, 0.2) is 10.1 Å². The summed E-state index contributed by atoms with van der Waals surface area (Å²) in [5.41, 5.74) is 0. The fraction of sp³-hybridized carbons (Fsp3) is 0.222. The Bertz CT molecular complexity index is 646. The van der Waals surface area contributed by atoms with Crippen molar-refractivity contribution in [2.45, 2.75) is 11.5 Å². The van der Waals surface area contributed by atoms with Crippen LogP contribution >= 0.6 is 0 Å². The molecule has 20 heavy (non-hydrogen) atoms. The van der Waals surface area contributed by atoms with Gasteiger partial charge in [0.25, 0.3) is 0 Å². The van der Waals surface area contributed by atoms with Gasteiger partial charge in [-0.3, -0.25) is 20.2 Å². The Labute approximate surface area is 135 Å². The van der Waals surface area contributed by atoms with E-state index >= 15 is 0 Å². The Morgan fingerprint density at radius 3 is 2.15 bits per heavy atom. The third-order valence-electron chi connectivity index (χ3n) is 2.40. The van der Waals surface area contributed by atoms with Crippen LogP contribution in [0.25, 0.3) is 0 Å². The van der Waals surface area contributed by atoms with E-state index in [9.17, 15) is 27.4 Å². The summed E-state index contributed by atoms with van der Waals surface area (Å²) in [6, 6.07) is 1.18. The molecule has 1 saturated heterocycles. The van der Waals surface area contributed by atoms with Gasteiger partial charge in [-0.1, -0.05) is 0 Å². The van der Waals surface area contributed by atoms with Crippen LogP contribution in [0.15, 0.2) is 21.6 Å². The number of carbonyl (C=O) groups excluding carboxylic acids is 3. The minimum atomic E-state index is -4.73. The van der Waals surface area contributed by atoms with Gasteiger partial charge in [0.2, 0.25) is 16.9 Å². The normalized spacial score (nSPS) is 16.4. The molecule has 1 aliphatic heterocycles. The number of amides is 4. The van der Waals surface area contributed by atoms with E-state index in [2.05, 4.69) is 0 Å². The molecule has 102 valence electrons. The molecular weight excluding hydrogens is 303 g/mol. The number of nitrogens with one attached hydrogen (secondary N) is 2. The van der Waals surface area contributed by atoms with E-state index in [1.165, 1.54) is 6.07 Å². The van der Waals surface area contributed by atoms with Gasteiger partial charge < -0.3 is 8.97 Å². The summed E-state index contributed by atoms with van der Waals surface area (Å²) in [4.78, 5) is 33.6. The number of barbiturate groups is 1. The first-order valence-corrected chi connectivity index (χ1v) is 6.38. The molecule has 0 radical (unpaired) electrons. The molecular formula is C9H7N2NaO7S. The van der Waals surface area contributed by atoms with Crippen molar-refractivity contribution >= 4 is 28.0 Å². The van der Waals surface area contributed by atoms with Gasteiger partial charge in [0, 0.05) is 6.42 Å². The van der Waals surface area contributed by atoms with Gasteiger partial charge in [0.1, 0.15) is 11.7 Å². The van der Waals surface area contributed by atoms with Crippen molar-refractivity contribution in [3.8, 4) is 0 Å². The predicted molar refractivity (Wildman–Crippen MR) is 55.5 cm³/mol. The summed E-state index contributed by atoms with van der Waals surface area (Å²) >= 11 is 0. The van der Waals surface area contributed by atoms with Crippen molar-refractivity contribution in [3.63, 3.8) is 0 Å². The number of hydrogen-bond acceptors (Lipinski definition) is 7. The summed E-state index contributed by atoms with van der Waals surface area (Å²) in [5.74, 6) is -2.90. The van der Waals surface area contributed by atoms with E-state index in [1.807, 2.05) is 10.6 Å². The molecule has 0 bridgehead atoms. The van der Waals surface area contributed by atoms with E-state index in [-0.39, 0.29) is 41.7 Å². The molecule has 2 N–H and O–H groups in total. The second-order valence-corrected chi connectivity index (χ2v) is 5.05. The monoisotopic (exact) mass is 310 g/mol. The number of furan rings is 1. The molecule has 1 aliphatic rings. The van der Waals surface area contributed by atoms with Crippen molar-refractivity contribution in [3.05, 3.63) is 17.9 Å². The number of hydrogen-bond donors (Lipinski definition) is 2. The quantitative estimate of drug-likeness (QED) is 0.326. The Balaban J connectivity index is 0.00000200.